The zero-order chi connectivity index (χ0) is 56.8. The van der Waals surface area contributed by atoms with Crippen LogP contribution in [0.3, 0.4) is 0 Å². The summed E-state index contributed by atoms with van der Waals surface area (Å²) < 4.78 is 54.1. The van der Waals surface area contributed by atoms with Crippen LogP contribution in [0.4, 0.5) is 5.69 Å². The number of phenols is 2. The third kappa shape index (κ3) is 11.6. The van der Waals surface area contributed by atoms with Crippen LogP contribution in [-0.2, 0) is 46.9 Å². The molecule has 420 valence electrons. The number of Topliss-reactive ketones (excluding diaryl/α,β-unsaturated/α-hetero) is 1. The van der Waals surface area contributed by atoms with Gasteiger partial charge in [0, 0.05) is 91.7 Å². The summed E-state index contributed by atoms with van der Waals surface area (Å²) in [5.41, 5.74) is -0.141. The van der Waals surface area contributed by atoms with Gasteiger partial charge in [-0.3, -0.25) is 19.4 Å². The SMILES string of the molecule is CO[C@H]1/C=C/O[C@@]2(C)Oc3c(C)c(O)c4c(O)c(c5c(c4c3C2=O)NC2(CCN(CC(C)C)CC2)N=5)=NC(=O)/C(C)=C\C=C\[C@H](C)[C@H](O)[C@@H](C)[C@@H](O)[C@@H](C)[C@H](OC(=O)Cn2cc(CNS(=O)(=O)c3ccc(Cl)cc3)nn2)[C@@H]1C. The number of hydrogen-bond acceptors (Lipinski definition) is 18. The summed E-state index contributed by atoms with van der Waals surface area (Å²) in [5, 5.41) is 59.8. The van der Waals surface area contributed by atoms with Gasteiger partial charge in [-0.1, -0.05) is 76.6 Å². The molecule has 0 saturated carbocycles. The number of aliphatic hydroxyl groups is 2. The highest BCUT2D eigenvalue weighted by Gasteiger charge is 2.51. The van der Waals surface area contributed by atoms with Crippen molar-refractivity contribution < 1.29 is 62.2 Å². The number of phenolic OH excluding ortho intramolecular Hbond substituents is 2. The number of likely N-dealkylation sites (tertiary alicyclic amines) is 1. The van der Waals surface area contributed by atoms with E-state index in [1.165, 1.54) is 74.5 Å². The number of rotatable bonds is 10. The second kappa shape index (κ2) is 22.8. The lowest BCUT2D eigenvalue weighted by molar-refractivity contribution is -0.164. The quantitative estimate of drug-likeness (QED) is 0.0884. The molecule has 9 atom stereocenters. The molecule has 5 aliphatic rings. The molecule has 1 saturated heterocycles. The maximum Gasteiger partial charge on any atom is 0.328 e. The van der Waals surface area contributed by atoms with Crippen LogP contribution in [0.5, 0.6) is 17.2 Å². The highest BCUT2D eigenvalue weighted by Crippen LogP contribution is 2.51. The Kier molecular flexibility index (Phi) is 16.9. The molecule has 1 spiro atoms. The zero-order valence-corrected chi connectivity index (χ0v) is 46.9. The summed E-state index contributed by atoms with van der Waals surface area (Å²) in [6.45, 7) is 17.1. The molecule has 6 N–H and O–H groups in total. The van der Waals surface area contributed by atoms with Crippen molar-refractivity contribution in [2.24, 2.45) is 39.6 Å². The molecular formula is C55H69ClN8O13S. The Bertz CT molecular complexity index is 3320. The first-order valence-corrected chi connectivity index (χ1v) is 27.9. The van der Waals surface area contributed by atoms with Crippen molar-refractivity contribution in [1.82, 2.24) is 24.6 Å². The van der Waals surface area contributed by atoms with Gasteiger partial charge in [0.15, 0.2) is 5.75 Å². The molecule has 0 aliphatic carbocycles. The van der Waals surface area contributed by atoms with E-state index in [1.54, 1.807) is 46.8 Å². The molecule has 4 aromatic rings. The van der Waals surface area contributed by atoms with Gasteiger partial charge in [-0.2, -0.15) is 0 Å². The summed E-state index contributed by atoms with van der Waals surface area (Å²) in [6, 6.07) is 5.61. The number of aliphatic hydroxyl groups excluding tert-OH is 2. The Morgan fingerprint density at radius 3 is 2.33 bits per heavy atom. The fourth-order valence-corrected chi connectivity index (χ4v) is 11.9. The molecule has 5 aliphatic heterocycles. The minimum Gasteiger partial charge on any atom is -0.507 e. The molecule has 0 unspecified atom stereocenters. The largest absolute Gasteiger partial charge is 0.507 e. The average molecular weight is 1120 g/mol. The van der Waals surface area contributed by atoms with E-state index in [1.807, 2.05) is 0 Å². The number of aromatic nitrogens is 3. The van der Waals surface area contributed by atoms with Gasteiger partial charge in [0.2, 0.25) is 10.0 Å². The van der Waals surface area contributed by atoms with E-state index in [4.69, 9.17) is 35.5 Å². The number of methoxy groups -OCH3 is 1. The highest BCUT2D eigenvalue weighted by molar-refractivity contribution is 7.89. The number of ether oxygens (including phenoxy) is 4. The maximum atomic E-state index is 15.0. The summed E-state index contributed by atoms with van der Waals surface area (Å²) in [7, 11) is -2.52. The molecule has 23 heteroatoms. The van der Waals surface area contributed by atoms with E-state index in [0.717, 1.165) is 6.54 Å². The number of allylic oxidation sites excluding steroid dienone is 2. The number of fused-ring (bicyclic) bond motifs is 13. The van der Waals surface area contributed by atoms with Gasteiger partial charge in [-0.15, -0.1) is 5.10 Å². The van der Waals surface area contributed by atoms with E-state index >= 15 is 0 Å². The lowest BCUT2D eigenvalue weighted by Crippen LogP contribution is -2.47. The van der Waals surface area contributed by atoms with Crippen molar-refractivity contribution in [2.75, 3.05) is 32.1 Å². The predicted octanol–water partition coefficient (Wildman–Crippen LogP) is 5.15. The number of nitrogens with zero attached hydrogens (tertiary/aromatic N) is 6. The number of halogens is 1. The maximum absolute atomic E-state index is 15.0. The van der Waals surface area contributed by atoms with Crippen LogP contribution >= 0.6 is 11.6 Å². The molecule has 1 amide bonds. The lowest BCUT2D eigenvalue weighted by atomic mass is 9.78. The van der Waals surface area contributed by atoms with E-state index < -0.39 is 105 Å². The van der Waals surface area contributed by atoms with Crippen molar-refractivity contribution in [3.05, 3.63) is 99.2 Å². The van der Waals surface area contributed by atoms with Gasteiger partial charge in [0.25, 0.3) is 11.7 Å². The first kappa shape index (κ1) is 57.9. The number of amides is 1. The number of carbonyl (C=O) groups excluding carboxylic acids is 3. The molecule has 5 bridgehead atoms. The summed E-state index contributed by atoms with van der Waals surface area (Å²) in [4.78, 5) is 54.8. The second-order valence-electron chi connectivity index (χ2n) is 21.5. The van der Waals surface area contributed by atoms with Crippen molar-refractivity contribution in [3.8, 4) is 17.2 Å². The van der Waals surface area contributed by atoms with Crippen molar-refractivity contribution in [3.63, 3.8) is 0 Å². The fraction of sp³-hybridized carbons (Fsp3) is 0.509. The number of ketones is 1. The first-order valence-electron chi connectivity index (χ1n) is 26.0. The van der Waals surface area contributed by atoms with Gasteiger partial charge in [0.1, 0.15) is 40.5 Å². The molecule has 1 fully saturated rings. The van der Waals surface area contributed by atoms with Crippen LogP contribution in [-0.4, -0.2) is 129 Å². The standard InChI is InChI=1S/C55H69ClN8O13S/c1-28(2)25-63-21-19-55(20-22-63)59-43-40-41-48(68)34(8)51-42(40)52(70)54(9,77-51)75-23-18-38(74-10)31(5)50(76-39(65)27-64-26-36(61-62-64)24-57-78(72,73)37-16-14-35(56)15-17-37)33(7)47(67)32(6)46(66)29(3)12-11-13-30(4)53(71)58-45(49(41)69)44(43)60-55/h11-18,23,26,28-29,31-33,38,46-47,50,57,59,66-69H,19-22,24-25,27H2,1-10H3/b12-11+,23-18+,30-13-,58-45?/t29-,31+,32+,33+,38-,46-,47+,50+,54-/m0/s1. The number of benzene rings is 3. The number of esters is 1. The second-order valence-corrected chi connectivity index (χ2v) is 23.7. The Hall–Kier alpha value is -6.27. The number of hydrogen-bond donors (Lipinski definition) is 6. The Balaban J connectivity index is 1.14. The fourth-order valence-electron chi connectivity index (χ4n) is 10.7. The third-order valence-electron chi connectivity index (χ3n) is 15.3. The molecule has 0 radical (unpaired) electrons. The Labute approximate surface area is 457 Å². The smallest absolute Gasteiger partial charge is 0.328 e. The Morgan fingerprint density at radius 1 is 0.974 bits per heavy atom. The van der Waals surface area contributed by atoms with Gasteiger partial charge >= 0.3 is 11.8 Å². The van der Waals surface area contributed by atoms with E-state index in [-0.39, 0.29) is 66.8 Å². The van der Waals surface area contributed by atoms with Gasteiger partial charge in [-0.05, 0) is 50.1 Å². The lowest BCUT2D eigenvalue weighted by Gasteiger charge is -2.38. The molecule has 1 aromatic heterocycles. The average Bonchev–Trinajstić information content (AvgIpc) is 4.03. The molecule has 78 heavy (non-hydrogen) atoms. The van der Waals surface area contributed by atoms with Crippen LogP contribution in [0.1, 0.15) is 89.8 Å². The van der Waals surface area contributed by atoms with Crippen LogP contribution in [0.25, 0.3) is 10.8 Å². The van der Waals surface area contributed by atoms with Gasteiger partial charge < -0.3 is 49.6 Å². The van der Waals surface area contributed by atoms with Gasteiger partial charge in [-0.25, -0.2) is 22.8 Å². The number of anilines is 1. The van der Waals surface area contributed by atoms with Crippen molar-refractivity contribution >= 4 is 55.7 Å². The number of carbonyl (C=O) groups is 3. The zero-order valence-electron chi connectivity index (χ0n) is 45.4. The van der Waals surface area contributed by atoms with Crippen LogP contribution in [0, 0.1) is 36.5 Å². The van der Waals surface area contributed by atoms with Crippen molar-refractivity contribution in [2.45, 2.75) is 129 Å². The molecular weight excluding hydrogens is 1050 g/mol. The monoisotopic (exact) mass is 1120 g/mol. The van der Waals surface area contributed by atoms with E-state index in [0.29, 0.717) is 36.9 Å². The highest BCUT2D eigenvalue weighted by atomic mass is 35.5. The minimum atomic E-state index is -3.94. The van der Waals surface area contributed by atoms with Crippen LogP contribution in [0.2, 0.25) is 5.02 Å². The molecule has 3 aromatic carbocycles. The summed E-state index contributed by atoms with van der Waals surface area (Å²) in [5.74, 6) is -7.78. The minimum absolute atomic E-state index is 0.00361. The molecule has 9 rings (SSSR count). The van der Waals surface area contributed by atoms with Gasteiger partial charge in [0.05, 0.1) is 64.5 Å². The summed E-state index contributed by atoms with van der Waals surface area (Å²) >= 11 is 5.92. The van der Waals surface area contributed by atoms with E-state index in [2.05, 4.69) is 44.1 Å². The predicted molar refractivity (Wildman–Crippen MR) is 288 cm³/mol. The topological polar surface area (TPSA) is 286 Å². The van der Waals surface area contributed by atoms with Crippen molar-refractivity contribution in [1.29, 1.82) is 0 Å². The Morgan fingerprint density at radius 2 is 1.67 bits per heavy atom. The number of piperidine rings is 1. The number of nitrogens with one attached hydrogen (secondary N) is 2. The van der Waals surface area contributed by atoms with Crippen LogP contribution in [0.15, 0.2) is 81.5 Å². The first-order chi connectivity index (χ1) is 36.8. The third-order valence-corrected chi connectivity index (χ3v) is 17.0. The van der Waals surface area contributed by atoms with E-state index in [9.17, 15) is 43.2 Å². The summed E-state index contributed by atoms with van der Waals surface area (Å²) in [6.07, 6.45) is 5.49. The normalized spacial score (nSPS) is 28.3. The van der Waals surface area contributed by atoms with Crippen LogP contribution < -0.4 is 25.5 Å². The number of aromatic hydroxyl groups is 2. The molecule has 6 heterocycles. The number of sulfonamides is 1. The molecule has 21 nitrogen and oxygen atoms in total.